The van der Waals surface area contributed by atoms with Crippen LogP contribution >= 0.6 is 0 Å². The van der Waals surface area contributed by atoms with Crippen LogP contribution in [0.2, 0.25) is 0 Å². The Kier molecular flexibility index (Phi) is 7.65. The molecule has 0 unspecified atom stereocenters. The van der Waals surface area contributed by atoms with Crippen molar-refractivity contribution in [2.75, 3.05) is 10.2 Å². The predicted octanol–water partition coefficient (Wildman–Crippen LogP) is 5.25. The number of nitrogens with zero attached hydrogens (tertiary/aromatic N) is 1. The summed E-state index contributed by atoms with van der Waals surface area (Å²) in [5, 5.41) is 5.91. The first-order valence-corrected chi connectivity index (χ1v) is 12.1. The molecule has 1 heterocycles. The van der Waals surface area contributed by atoms with Crippen LogP contribution in [-0.2, 0) is 16.0 Å². The maximum atomic E-state index is 13.8. The fourth-order valence-corrected chi connectivity index (χ4v) is 4.51. The van der Waals surface area contributed by atoms with Crippen LogP contribution in [0.25, 0.3) is 0 Å². The van der Waals surface area contributed by atoms with Crippen molar-refractivity contribution in [2.24, 2.45) is 0 Å². The lowest BCUT2D eigenvalue weighted by Gasteiger charge is -2.32. The monoisotopic (exact) mass is 473 g/mol. The molecule has 0 spiro atoms. The van der Waals surface area contributed by atoms with E-state index in [1.54, 1.807) is 36.4 Å². The Morgan fingerprint density at radius 2 is 1.69 bits per heavy atom. The number of carbonyl (C=O) groups excluding carboxylic acids is 3. The zero-order chi connectivity index (χ0) is 24.8. The lowest BCUT2D eigenvalue weighted by atomic mass is 9.99. The van der Waals surface area contributed by atoms with Crippen LogP contribution < -0.4 is 15.5 Å². The summed E-state index contributed by atoms with van der Waals surface area (Å²) in [6.07, 6.45) is 6.35. The van der Waals surface area contributed by atoms with Gasteiger partial charge in [-0.3, -0.25) is 19.3 Å². The molecule has 3 amide bonds. The highest BCUT2D eigenvalue weighted by Crippen LogP contribution is 2.32. The lowest BCUT2D eigenvalue weighted by molar-refractivity contribution is -0.123. The van der Waals surface area contributed by atoms with Crippen LogP contribution in [0.4, 0.5) is 11.4 Å². The van der Waals surface area contributed by atoms with Crippen LogP contribution in [-0.4, -0.2) is 23.8 Å². The number of aryl methyl sites for hydroxylation is 1. The number of amides is 3. The van der Waals surface area contributed by atoms with E-state index in [0.29, 0.717) is 16.9 Å². The van der Waals surface area contributed by atoms with E-state index in [0.717, 1.165) is 37.7 Å². The van der Waals surface area contributed by atoms with Crippen LogP contribution in [0.15, 0.2) is 71.3 Å². The Morgan fingerprint density at radius 3 is 2.26 bits per heavy atom. The summed E-state index contributed by atoms with van der Waals surface area (Å²) < 4.78 is 5.43. The second-order valence-electron chi connectivity index (χ2n) is 8.87. The molecule has 1 fully saturated rings. The molecule has 7 nitrogen and oxygen atoms in total. The van der Waals surface area contributed by atoms with Crippen molar-refractivity contribution in [3.8, 4) is 0 Å². The molecule has 3 aromatic rings. The van der Waals surface area contributed by atoms with Crippen molar-refractivity contribution in [2.45, 2.75) is 58.0 Å². The Bertz CT molecular complexity index is 1150. The van der Waals surface area contributed by atoms with Gasteiger partial charge in [0.1, 0.15) is 6.04 Å². The van der Waals surface area contributed by atoms with E-state index >= 15 is 0 Å². The van der Waals surface area contributed by atoms with Gasteiger partial charge < -0.3 is 15.1 Å². The van der Waals surface area contributed by atoms with Gasteiger partial charge >= 0.3 is 0 Å². The second-order valence-corrected chi connectivity index (χ2v) is 8.87. The van der Waals surface area contributed by atoms with Crippen molar-refractivity contribution >= 4 is 29.1 Å². The zero-order valence-corrected chi connectivity index (χ0v) is 20.1. The highest BCUT2D eigenvalue weighted by atomic mass is 16.3. The molecule has 1 atom stereocenters. The first kappa shape index (κ1) is 24.3. The van der Waals surface area contributed by atoms with E-state index in [1.807, 2.05) is 24.3 Å². The maximum Gasteiger partial charge on any atom is 0.294 e. The number of anilines is 2. The summed E-state index contributed by atoms with van der Waals surface area (Å²) in [5.74, 6) is -0.703. The fourth-order valence-electron chi connectivity index (χ4n) is 4.51. The molecule has 182 valence electrons. The van der Waals surface area contributed by atoms with Gasteiger partial charge in [-0.25, -0.2) is 0 Å². The Morgan fingerprint density at radius 1 is 1.00 bits per heavy atom. The van der Waals surface area contributed by atoms with Gasteiger partial charge in [-0.2, -0.15) is 0 Å². The minimum absolute atomic E-state index is 0.0997. The van der Waals surface area contributed by atoms with E-state index in [9.17, 15) is 14.4 Å². The normalized spacial score (nSPS) is 14.3. The maximum absolute atomic E-state index is 13.8. The number of benzene rings is 2. The minimum atomic E-state index is -0.897. The molecule has 0 bridgehead atoms. The first-order chi connectivity index (χ1) is 17.0. The van der Waals surface area contributed by atoms with Gasteiger partial charge in [0.25, 0.3) is 5.91 Å². The molecular weight excluding hydrogens is 442 g/mol. The minimum Gasteiger partial charge on any atom is -0.459 e. The van der Waals surface area contributed by atoms with E-state index in [4.69, 9.17) is 4.42 Å². The predicted molar refractivity (Wildman–Crippen MR) is 135 cm³/mol. The summed E-state index contributed by atoms with van der Waals surface area (Å²) in [4.78, 5) is 40.4. The quantitative estimate of drug-likeness (QED) is 0.468. The smallest absolute Gasteiger partial charge is 0.294 e. The summed E-state index contributed by atoms with van der Waals surface area (Å²) in [6.45, 7) is 3.51. The number of hydrogen-bond acceptors (Lipinski definition) is 4. The highest BCUT2D eigenvalue weighted by Gasteiger charge is 2.35. The molecule has 2 aromatic carbocycles. The molecule has 0 aliphatic heterocycles. The zero-order valence-electron chi connectivity index (χ0n) is 20.1. The van der Waals surface area contributed by atoms with Gasteiger partial charge in [0.15, 0.2) is 5.76 Å². The van der Waals surface area contributed by atoms with E-state index in [2.05, 4.69) is 17.6 Å². The fraction of sp³-hybridized carbons (Fsp3) is 0.321. The van der Waals surface area contributed by atoms with E-state index < -0.39 is 11.9 Å². The van der Waals surface area contributed by atoms with Crippen molar-refractivity contribution < 1.29 is 18.8 Å². The topological polar surface area (TPSA) is 91.7 Å². The molecule has 7 heteroatoms. The molecule has 1 saturated carbocycles. The van der Waals surface area contributed by atoms with E-state index in [-0.39, 0.29) is 23.6 Å². The molecule has 35 heavy (non-hydrogen) atoms. The summed E-state index contributed by atoms with van der Waals surface area (Å²) in [6, 6.07) is 17.1. The second kappa shape index (κ2) is 11.0. The number of furan rings is 1. The van der Waals surface area contributed by atoms with Gasteiger partial charge in [-0.05, 0) is 66.8 Å². The first-order valence-electron chi connectivity index (χ1n) is 12.1. The van der Waals surface area contributed by atoms with Crippen LogP contribution in [0.1, 0.15) is 67.3 Å². The molecule has 0 saturated heterocycles. The van der Waals surface area contributed by atoms with Crippen molar-refractivity contribution in [1.82, 2.24) is 5.32 Å². The van der Waals surface area contributed by atoms with Gasteiger partial charge in [-0.15, -0.1) is 0 Å². The van der Waals surface area contributed by atoms with Gasteiger partial charge in [0.2, 0.25) is 11.8 Å². The third-order valence-electron chi connectivity index (χ3n) is 6.33. The number of nitrogens with one attached hydrogen (secondary N) is 2. The van der Waals surface area contributed by atoms with Gasteiger partial charge in [0.05, 0.1) is 6.26 Å². The lowest BCUT2D eigenvalue weighted by Crippen LogP contribution is -2.46. The molecule has 1 aliphatic rings. The van der Waals surface area contributed by atoms with Crippen molar-refractivity contribution in [3.63, 3.8) is 0 Å². The number of hydrogen-bond donors (Lipinski definition) is 2. The molecule has 1 aliphatic carbocycles. The Balaban J connectivity index is 1.78. The van der Waals surface area contributed by atoms with Gasteiger partial charge in [-0.1, -0.05) is 44.0 Å². The SMILES string of the molecule is CCc1ccc([C@H](C(=O)NC2CCCC2)N(C(=O)c2ccco2)c2ccc(NC(C)=O)cc2)cc1. The summed E-state index contributed by atoms with van der Waals surface area (Å²) in [7, 11) is 0. The highest BCUT2D eigenvalue weighted by molar-refractivity contribution is 6.08. The van der Waals surface area contributed by atoms with Crippen molar-refractivity contribution in [3.05, 3.63) is 83.8 Å². The number of carbonyl (C=O) groups is 3. The summed E-state index contributed by atoms with van der Waals surface area (Å²) >= 11 is 0. The Hall–Kier alpha value is -3.87. The third-order valence-corrected chi connectivity index (χ3v) is 6.33. The molecular formula is C28H31N3O4. The number of rotatable bonds is 8. The van der Waals surface area contributed by atoms with Crippen molar-refractivity contribution in [1.29, 1.82) is 0 Å². The van der Waals surface area contributed by atoms with Crippen LogP contribution in [0.5, 0.6) is 0 Å². The average Bonchev–Trinajstić information content (AvgIpc) is 3.57. The summed E-state index contributed by atoms with van der Waals surface area (Å²) in [5.41, 5.74) is 2.98. The third kappa shape index (κ3) is 5.80. The standard InChI is InChI=1S/C28H31N3O4/c1-3-20-10-12-21(13-11-20)26(27(33)30-22-7-4-5-8-22)31(28(34)25-9-6-18-35-25)24-16-14-23(15-17-24)29-19(2)32/h6,9-18,22,26H,3-5,7-8H2,1-2H3,(H,29,32)(H,30,33)/t26-/m1/s1. The van der Waals surface area contributed by atoms with Gasteiger partial charge in [0, 0.05) is 24.3 Å². The molecule has 4 rings (SSSR count). The largest absolute Gasteiger partial charge is 0.459 e. The molecule has 1 aromatic heterocycles. The van der Waals surface area contributed by atoms with Crippen LogP contribution in [0, 0.1) is 0 Å². The van der Waals surface area contributed by atoms with Crippen LogP contribution in [0.3, 0.4) is 0 Å². The average molecular weight is 474 g/mol. The molecule has 0 radical (unpaired) electrons. The Labute approximate surface area is 205 Å². The van der Waals surface area contributed by atoms with E-state index in [1.165, 1.54) is 18.1 Å². The molecule has 2 N–H and O–H groups in total.